The maximum Gasteiger partial charge on any atom is 0.326 e. The predicted molar refractivity (Wildman–Crippen MR) is 95.7 cm³/mol. The number of carboxylic acid groups (broad SMARTS) is 1. The lowest BCUT2D eigenvalue weighted by Gasteiger charge is -2.23. The summed E-state index contributed by atoms with van der Waals surface area (Å²) in [7, 11) is 0. The lowest BCUT2D eigenvalue weighted by atomic mass is 10.0. The topological polar surface area (TPSA) is 148 Å². The van der Waals surface area contributed by atoms with Gasteiger partial charge in [-0.3, -0.25) is 9.59 Å². The Morgan fingerprint density at radius 2 is 1.67 bits per heavy atom. The molecular formula is C15H30N4O4S. The zero-order valence-electron chi connectivity index (χ0n) is 14.3. The minimum atomic E-state index is -1.11. The Labute approximate surface area is 148 Å². The van der Waals surface area contributed by atoms with Crippen LogP contribution in [0.3, 0.4) is 0 Å². The number of nitrogens with two attached hydrogens (primary N) is 2. The van der Waals surface area contributed by atoms with Gasteiger partial charge in [0.1, 0.15) is 12.1 Å². The summed E-state index contributed by atoms with van der Waals surface area (Å²) in [6.07, 6.45) is 1.95. The molecule has 0 aliphatic rings. The number of amides is 2. The van der Waals surface area contributed by atoms with Gasteiger partial charge in [0.15, 0.2) is 0 Å². The van der Waals surface area contributed by atoms with E-state index in [0.717, 1.165) is 0 Å². The Hall–Kier alpha value is -1.32. The van der Waals surface area contributed by atoms with Gasteiger partial charge >= 0.3 is 5.97 Å². The number of unbranched alkanes of at least 4 members (excludes halogenated alkanes) is 1. The number of hydrogen-bond donors (Lipinski definition) is 6. The number of thiol groups is 1. The van der Waals surface area contributed by atoms with Gasteiger partial charge in [0.2, 0.25) is 11.8 Å². The molecule has 0 aromatic carbocycles. The average Bonchev–Trinajstić information content (AvgIpc) is 2.51. The summed E-state index contributed by atoms with van der Waals surface area (Å²) in [5.74, 6) is -1.83. The third-order valence-electron chi connectivity index (χ3n) is 3.44. The molecule has 0 bridgehead atoms. The van der Waals surface area contributed by atoms with Crippen LogP contribution >= 0.6 is 12.6 Å². The Kier molecular flexibility index (Phi) is 11.4. The number of aliphatic carboxylic acids is 1. The van der Waals surface area contributed by atoms with Crippen molar-refractivity contribution in [1.29, 1.82) is 0 Å². The van der Waals surface area contributed by atoms with E-state index in [1.807, 2.05) is 13.8 Å². The monoisotopic (exact) mass is 362 g/mol. The smallest absolute Gasteiger partial charge is 0.326 e. The number of carbonyl (C=O) groups excluding carboxylic acids is 2. The lowest BCUT2D eigenvalue weighted by Crippen LogP contribution is -2.55. The molecule has 3 unspecified atom stereocenters. The van der Waals surface area contributed by atoms with Crippen LogP contribution in [0.2, 0.25) is 0 Å². The van der Waals surface area contributed by atoms with E-state index in [1.54, 1.807) is 0 Å². The van der Waals surface area contributed by atoms with Crippen LogP contribution in [0, 0.1) is 5.92 Å². The maximum absolute atomic E-state index is 12.4. The minimum absolute atomic E-state index is 0.133. The molecular weight excluding hydrogens is 332 g/mol. The summed E-state index contributed by atoms with van der Waals surface area (Å²) >= 11 is 3.95. The normalized spacial score (nSPS) is 14.8. The molecule has 140 valence electrons. The standard InChI is InChI=1S/C15H30N4O4S/c1-9(2)7-12(19-13(20)10(17)8-24)14(21)18-11(15(22)23)5-3-4-6-16/h9-12,24H,3-8,16-17H2,1-2H3,(H,18,21)(H,19,20)(H,22,23). The highest BCUT2D eigenvalue weighted by Crippen LogP contribution is 2.07. The lowest BCUT2D eigenvalue weighted by molar-refractivity contribution is -0.142. The van der Waals surface area contributed by atoms with Gasteiger partial charge in [-0.15, -0.1) is 0 Å². The van der Waals surface area contributed by atoms with Gasteiger partial charge in [-0.25, -0.2) is 4.79 Å². The first-order valence-corrected chi connectivity index (χ1v) is 8.76. The average molecular weight is 362 g/mol. The number of carboxylic acids is 1. The highest BCUT2D eigenvalue weighted by atomic mass is 32.1. The van der Waals surface area contributed by atoms with E-state index in [0.29, 0.717) is 25.8 Å². The second kappa shape index (κ2) is 12.1. The van der Waals surface area contributed by atoms with Gasteiger partial charge < -0.3 is 27.2 Å². The Morgan fingerprint density at radius 3 is 2.12 bits per heavy atom. The number of carbonyl (C=O) groups is 3. The van der Waals surface area contributed by atoms with Gasteiger partial charge in [-0.2, -0.15) is 12.6 Å². The van der Waals surface area contributed by atoms with Crippen LogP contribution in [0.5, 0.6) is 0 Å². The largest absolute Gasteiger partial charge is 0.480 e. The molecule has 0 rings (SSSR count). The molecule has 2 amide bonds. The highest BCUT2D eigenvalue weighted by Gasteiger charge is 2.27. The first-order chi connectivity index (χ1) is 11.2. The SMILES string of the molecule is CC(C)CC(NC(=O)C(N)CS)C(=O)NC(CCCCN)C(=O)O. The fourth-order valence-electron chi connectivity index (χ4n) is 2.09. The van der Waals surface area contributed by atoms with Crippen molar-refractivity contribution in [3.63, 3.8) is 0 Å². The molecule has 0 fully saturated rings. The first kappa shape index (κ1) is 22.7. The number of nitrogens with one attached hydrogen (secondary N) is 2. The summed E-state index contributed by atoms with van der Waals surface area (Å²) in [5.41, 5.74) is 11.0. The molecule has 9 heteroatoms. The first-order valence-electron chi connectivity index (χ1n) is 8.12. The second-order valence-corrected chi connectivity index (χ2v) is 6.53. The maximum atomic E-state index is 12.4. The van der Waals surface area contributed by atoms with Crippen molar-refractivity contribution in [1.82, 2.24) is 10.6 Å². The molecule has 0 aromatic heterocycles. The van der Waals surface area contributed by atoms with Crippen LogP contribution < -0.4 is 22.1 Å². The molecule has 0 spiro atoms. The molecule has 0 aliphatic heterocycles. The molecule has 0 radical (unpaired) electrons. The van der Waals surface area contributed by atoms with Crippen molar-refractivity contribution in [2.45, 2.75) is 57.7 Å². The molecule has 0 saturated carbocycles. The van der Waals surface area contributed by atoms with E-state index in [4.69, 9.17) is 11.5 Å². The summed E-state index contributed by atoms with van der Waals surface area (Å²) in [5, 5.41) is 14.3. The molecule has 8 nitrogen and oxygen atoms in total. The van der Waals surface area contributed by atoms with Gasteiger partial charge in [0.25, 0.3) is 0 Å². The highest BCUT2D eigenvalue weighted by molar-refractivity contribution is 7.80. The third kappa shape index (κ3) is 9.09. The second-order valence-electron chi connectivity index (χ2n) is 6.16. The fourth-order valence-corrected chi connectivity index (χ4v) is 2.25. The Balaban J connectivity index is 4.88. The van der Waals surface area contributed by atoms with Gasteiger partial charge in [-0.05, 0) is 38.1 Å². The molecule has 24 heavy (non-hydrogen) atoms. The molecule has 3 atom stereocenters. The minimum Gasteiger partial charge on any atom is -0.480 e. The van der Waals surface area contributed by atoms with E-state index < -0.39 is 35.9 Å². The Bertz CT molecular complexity index is 420. The van der Waals surface area contributed by atoms with E-state index in [-0.39, 0.29) is 18.1 Å². The predicted octanol–water partition coefficient (Wildman–Crippen LogP) is -0.527. The zero-order chi connectivity index (χ0) is 18.7. The van der Waals surface area contributed by atoms with Crippen molar-refractivity contribution in [2.75, 3.05) is 12.3 Å². The van der Waals surface area contributed by atoms with Gasteiger partial charge in [0, 0.05) is 5.75 Å². The quantitative estimate of drug-likeness (QED) is 0.203. The van der Waals surface area contributed by atoms with Crippen LogP contribution in [-0.4, -0.2) is 53.3 Å². The van der Waals surface area contributed by atoms with E-state index in [2.05, 4.69) is 23.3 Å². The van der Waals surface area contributed by atoms with Gasteiger partial charge in [0.05, 0.1) is 6.04 Å². The van der Waals surface area contributed by atoms with Crippen molar-refractivity contribution in [3.05, 3.63) is 0 Å². The summed E-state index contributed by atoms with van der Waals surface area (Å²) in [6, 6.07) is -2.66. The molecule has 0 aliphatic carbocycles. The van der Waals surface area contributed by atoms with Crippen molar-refractivity contribution >= 4 is 30.4 Å². The number of hydrogen-bond acceptors (Lipinski definition) is 6. The van der Waals surface area contributed by atoms with Crippen LogP contribution in [0.1, 0.15) is 39.5 Å². The molecule has 0 aromatic rings. The van der Waals surface area contributed by atoms with Crippen LogP contribution in [0.4, 0.5) is 0 Å². The van der Waals surface area contributed by atoms with E-state index in [9.17, 15) is 19.5 Å². The van der Waals surface area contributed by atoms with Crippen LogP contribution in [0.15, 0.2) is 0 Å². The third-order valence-corrected chi connectivity index (χ3v) is 3.83. The van der Waals surface area contributed by atoms with Gasteiger partial charge in [-0.1, -0.05) is 13.8 Å². The molecule has 0 saturated heterocycles. The van der Waals surface area contributed by atoms with Crippen molar-refractivity contribution in [3.8, 4) is 0 Å². The zero-order valence-corrected chi connectivity index (χ0v) is 15.2. The summed E-state index contributed by atoms with van der Waals surface area (Å²) < 4.78 is 0. The fraction of sp³-hybridized carbons (Fsp3) is 0.800. The summed E-state index contributed by atoms with van der Waals surface area (Å²) in [6.45, 7) is 4.27. The van der Waals surface area contributed by atoms with Crippen LogP contribution in [-0.2, 0) is 14.4 Å². The molecule has 7 N–H and O–H groups in total. The van der Waals surface area contributed by atoms with Crippen LogP contribution in [0.25, 0.3) is 0 Å². The van der Waals surface area contributed by atoms with Crippen molar-refractivity contribution < 1.29 is 19.5 Å². The van der Waals surface area contributed by atoms with E-state index in [1.165, 1.54) is 0 Å². The summed E-state index contributed by atoms with van der Waals surface area (Å²) in [4.78, 5) is 35.6. The number of rotatable bonds is 12. The molecule has 0 heterocycles. The Morgan fingerprint density at radius 1 is 1.08 bits per heavy atom. The van der Waals surface area contributed by atoms with E-state index >= 15 is 0 Å². The van der Waals surface area contributed by atoms with Crippen molar-refractivity contribution in [2.24, 2.45) is 17.4 Å².